The van der Waals surface area contributed by atoms with E-state index in [1.165, 1.54) is 18.0 Å². The van der Waals surface area contributed by atoms with Crippen LogP contribution in [0, 0.1) is 0 Å². The topological polar surface area (TPSA) is 78.4 Å². The number of hydrogen-bond acceptors (Lipinski definition) is 3. The summed E-state index contributed by atoms with van der Waals surface area (Å²) in [5.41, 5.74) is 0.761. The highest BCUT2D eigenvalue weighted by Crippen LogP contribution is 2.15. The smallest absolute Gasteiger partial charge is 0.326 e. The number of carbonyl (C=O) groups is 2. The molecule has 0 spiro atoms. The molecule has 0 saturated heterocycles. The number of nitrogens with one attached hydrogen (secondary N) is 2. The molecule has 5 nitrogen and oxygen atoms in total. The number of carbonyl (C=O) groups excluding carboxylic acids is 1. The molecular formula is C14H17ClN2O3S. The van der Waals surface area contributed by atoms with Gasteiger partial charge in [-0.3, -0.25) is 0 Å². The third kappa shape index (κ3) is 6.55. The lowest BCUT2D eigenvalue weighted by atomic mass is 10.2. The molecule has 0 radical (unpaired) electrons. The van der Waals surface area contributed by atoms with E-state index in [0.29, 0.717) is 17.2 Å². The highest BCUT2D eigenvalue weighted by atomic mass is 35.5. The van der Waals surface area contributed by atoms with E-state index in [0.717, 1.165) is 5.56 Å². The Morgan fingerprint density at radius 2 is 2.14 bits per heavy atom. The number of carboxylic acid groups (broad SMARTS) is 1. The minimum atomic E-state index is -1.05. The van der Waals surface area contributed by atoms with Gasteiger partial charge in [0.05, 0.1) is 0 Å². The van der Waals surface area contributed by atoms with Crippen LogP contribution in [0.3, 0.4) is 0 Å². The van der Waals surface area contributed by atoms with Gasteiger partial charge in [-0.1, -0.05) is 29.8 Å². The van der Waals surface area contributed by atoms with E-state index in [4.69, 9.17) is 16.7 Å². The van der Waals surface area contributed by atoms with Gasteiger partial charge in [0, 0.05) is 11.2 Å². The van der Waals surface area contributed by atoms with E-state index in [2.05, 4.69) is 10.6 Å². The number of halogens is 1. The molecule has 1 unspecified atom stereocenters. The van der Waals surface area contributed by atoms with Gasteiger partial charge in [-0.05, 0) is 36.1 Å². The first-order valence-electron chi connectivity index (χ1n) is 6.24. The normalized spacial score (nSPS) is 12.1. The number of benzene rings is 1. The summed E-state index contributed by atoms with van der Waals surface area (Å²) in [6.07, 6.45) is 5.31. The van der Waals surface area contributed by atoms with Crippen LogP contribution in [0.4, 0.5) is 4.79 Å². The lowest BCUT2D eigenvalue weighted by Crippen LogP contribution is -2.44. The zero-order valence-electron chi connectivity index (χ0n) is 11.5. The first-order valence-corrected chi connectivity index (χ1v) is 8.01. The maximum Gasteiger partial charge on any atom is 0.326 e. The van der Waals surface area contributed by atoms with Crippen LogP contribution < -0.4 is 10.6 Å². The molecule has 7 heteroatoms. The third-order valence-corrected chi connectivity index (χ3v) is 3.58. The van der Waals surface area contributed by atoms with Crippen LogP contribution in [-0.4, -0.2) is 35.2 Å². The molecule has 1 aromatic rings. The second-order valence-corrected chi connectivity index (χ2v) is 5.54. The Labute approximate surface area is 132 Å². The number of rotatable bonds is 7. The van der Waals surface area contributed by atoms with E-state index in [1.807, 2.05) is 18.4 Å². The molecule has 0 aliphatic heterocycles. The molecule has 1 atom stereocenters. The summed E-state index contributed by atoms with van der Waals surface area (Å²) >= 11 is 7.49. The Kier molecular flexibility index (Phi) is 7.71. The maximum absolute atomic E-state index is 11.6. The van der Waals surface area contributed by atoms with Crippen LogP contribution in [-0.2, 0) is 4.79 Å². The summed E-state index contributed by atoms with van der Waals surface area (Å²) in [7, 11) is 0. The first-order chi connectivity index (χ1) is 10.0. The van der Waals surface area contributed by atoms with Crippen molar-refractivity contribution in [2.45, 2.75) is 12.5 Å². The van der Waals surface area contributed by atoms with Crippen molar-refractivity contribution in [2.24, 2.45) is 0 Å². The number of carboxylic acids is 1. The number of thioether (sulfide) groups is 1. The van der Waals surface area contributed by atoms with Gasteiger partial charge in [-0.25, -0.2) is 9.59 Å². The fourth-order valence-corrected chi connectivity index (χ4v) is 2.18. The van der Waals surface area contributed by atoms with Crippen molar-refractivity contribution in [3.8, 4) is 0 Å². The van der Waals surface area contributed by atoms with Gasteiger partial charge in [0.1, 0.15) is 6.04 Å². The van der Waals surface area contributed by atoms with Gasteiger partial charge < -0.3 is 15.7 Å². The highest BCUT2D eigenvalue weighted by Gasteiger charge is 2.18. The van der Waals surface area contributed by atoms with Crippen LogP contribution in [0.1, 0.15) is 12.0 Å². The monoisotopic (exact) mass is 328 g/mol. The average molecular weight is 329 g/mol. The molecule has 21 heavy (non-hydrogen) atoms. The van der Waals surface area contributed by atoms with Crippen molar-refractivity contribution >= 4 is 41.4 Å². The molecular weight excluding hydrogens is 312 g/mol. The number of urea groups is 1. The average Bonchev–Trinajstić information content (AvgIpc) is 2.45. The van der Waals surface area contributed by atoms with E-state index in [1.54, 1.807) is 18.2 Å². The van der Waals surface area contributed by atoms with Crippen LogP contribution >= 0.6 is 23.4 Å². The fourth-order valence-electron chi connectivity index (χ4n) is 1.51. The summed E-state index contributed by atoms with van der Waals surface area (Å²) in [6.45, 7) is 0. The summed E-state index contributed by atoms with van der Waals surface area (Å²) in [5, 5.41) is 14.4. The van der Waals surface area contributed by atoms with Crippen molar-refractivity contribution in [3.63, 3.8) is 0 Å². The first kappa shape index (κ1) is 17.4. The minimum absolute atomic E-state index is 0.373. The van der Waals surface area contributed by atoms with Crippen molar-refractivity contribution in [3.05, 3.63) is 41.1 Å². The van der Waals surface area contributed by atoms with Crippen molar-refractivity contribution in [1.29, 1.82) is 0 Å². The molecule has 1 rings (SSSR count). The van der Waals surface area contributed by atoms with Gasteiger partial charge in [0.15, 0.2) is 0 Å². The second-order valence-electron chi connectivity index (χ2n) is 4.14. The molecule has 0 saturated carbocycles. The molecule has 0 heterocycles. The lowest BCUT2D eigenvalue weighted by Gasteiger charge is -2.13. The van der Waals surface area contributed by atoms with Crippen LogP contribution in [0.5, 0.6) is 0 Å². The summed E-state index contributed by atoms with van der Waals surface area (Å²) in [5.74, 6) is -0.388. The van der Waals surface area contributed by atoms with Gasteiger partial charge in [0.25, 0.3) is 0 Å². The molecule has 0 aliphatic rings. The Morgan fingerprint density at radius 3 is 2.76 bits per heavy atom. The van der Waals surface area contributed by atoms with E-state index < -0.39 is 18.0 Å². The second kappa shape index (κ2) is 9.31. The zero-order valence-corrected chi connectivity index (χ0v) is 13.1. The number of aliphatic carboxylic acids is 1. The zero-order chi connectivity index (χ0) is 15.7. The van der Waals surface area contributed by atoms with E-state index >= 15 is 0 Å². The van der Waals surface area contributed by atoms with Crippen molar-refractivity contribution < 1.29 is 14.7 Å². The Bertz CT molecular complexity index is 523. The molecule has 0 aromatic heterocycles. The van der Waals surface area contributed by atoms with Crippen LogP contribution in [0.15, 0.2) is 30.5 Å². The summed E-state index contributed by atoms with van der Waals surface area (Å²) < 4.78 is 0. The lowest BCUT2D eigenvalue weighted by molar-refractivity contribution is -0.139. The summed E-state index contributed by atoms with van der Waals surface area (Å²) in [4.78, 5) is 22.6. The fraction of sp³-hybridized carbons (Fsp3) is 0.286. The Hall–Kier alpha value is -1.66. The number of amides is 2. The quantitative estimate of drug-likeness (QED) is 0.719. The Balaban J connectivity index is 2.49. The predicted octanol–water partition coefficient (Wildman–Crippen LogP) is 2.82. The van der Waals surface area contributed by atoms with E-state index in [9.17, 15) is 9.59 Å². The van der Waals surface area contributed by atoms with Crippen LogP contribution in [0.25, 0.3) is 6.08 Å². The largest absolute Gasteiger partial charge is 0.480 e. The molecule has 1 aromatic carbocycles. The summed E-state index contributed by atoms with van der Waals surface area (Å²) in [6, 6.07) is 5.72. The highest BCUT2D eigenvalue weighted by molar-refractivity contribution is 7.98. The van der Waals surface area contributed by atoms with Gasteiger partial charge in [0.2, 0.25) is 0 Å². The van der Waals surface area contributed by atoms with Crippen molar-refractivity contribution in [2.75, 3.05) is 12.0 Å². The van der Waals surface area contributed by atoms with Crippen molar-refractivity contribution in [1.82, 2.24) is 10.6 Å². The molecule has 3 N–H and O–H groups in total. The standard InChI is InChI=1S/C14H17ClN2O3S/c1-21-9-7-12(13(18)19)17-14(20)16-8-6-10-4-2-3-5-11(10)15/h2-6,8,12H,7,9H2,1H3,(H,18,19)(H2,16,17,20)/b8-6+. The molecule has 0 fully saturated rings. The maximum atomic E-state index is 11.6. The van der Waals surface area contributed by atoms with Crippen LogP contribution in [0.2, 0.25) is 5.02 Å². The minimum Gasteiger partial charge on any atom is -0.480 e. The number of hydrogen-bond donors (Lipinski definition) is 3. The van der Waals surface area contributed by atoms with E-state index in [-0.39, 0.29) is 0 Å². The SMILES string of the molecule is CSCCC(NC(=O)N/C=C/c1ccccc1Cl)C(=O)O. The molecule has 0 bridgehead atoms. The van der Waals surface area contributed by atoms with Gasteiger partial charge >= 0.3 is 12.0 Å². The van der Waals surface area contributed by atoms with Gasteiger partial charge in [-0.15, -0.1) is 0 Å². The molecule has 114 valence electrons. The molecule has 0 aliphatic carbocycles. The predicted molar refractivity (Wildman–Crippen MR) is 86.6 cm³/mol. The Morgan fingerprint density at radius 1 is 1.43 bits per heavy atom. The molecule has 2 amide bonds. The van der Waals surface area contributed by atoms with Gasteiger partial charge in [-0.2, -0.15) is 11.8 Å². The third-order valence-electron chi connectivity index (χ3n) is 2.60.